The molecular weight excluding hydrogens is 336 g/mol. The molecule has 1 saturated heterocycles. The van der Waals surface area contributed by atoms with Gasteiger partial charge in [0.15, 0.2) is 5.82 Å². The quantitative estimate of drug-likeness (QED) is 0.806. The average Bonchev–Trinajstić information content (AvgIpc) is 2.89. The zero-order valence-corrected chi connectivity index (χ0v) is 16.5. The lowest BCUT2D eigenvalue weighted by Gasteiger charge is -2.31. The highest BCUT2D eigenvalue weighted by atomic mass is 16.3. The predicted octanol–water partition coefficient (Wildman–Crippen LogP) is 3.93. The summed E-state index contributed by atoms with van der Waals surface area (Å²) in [5.74, 6) is 1.26. The van der Waals surface area contributed by atoms with Crippen molar-refractivity contribution in [3.8, 4) is 17.0 Å². The SMILES string of the molecule is Cc1ccc(-c2nnc(NC3CCCN(C)C3)c3c2CCCCC3)c(O)c1. The van der Waals surface area contributed by atoms with E-state index in [1.807, 2.05) is 25.1 Å². The van der Waals surface area contributed by atoms with Crippen molar-refractivity contribution in [2.24, 2.45) is 0 Å². The smallest absolute Gasteiger partial charge is 0.152 e. The van der Waals surface area contributed by atoms with E-state index in [9.17, 15) is 5.11 Å². The number of phenolic OH excluding ortho intramolecular Hbond substituents is 1. The topological polar surface area (TPSA) is 61.3 Å². The fraction of sp³-hybridized carbons (Fsp3) is 0.545. The van der Waals surface area contributed by atoms with Crippen LogP contribution in [0.3, 0.4) is 0 Å². The van der Waals surface area contributed by atoms with Gasteiger partial charge in [-0.2, -0.15) is 0 Å². The molecule has 1 aliphatic carbocycles. The van der Waals surface area contributed by atoms with Crippen LogP contribution >= 0.6 is 0 Å². The lowest BCUT2D eigenvalue weighted by atomic mass is 9.96. The number of nitrogens with one attached hydrogen (secondary N) is 1. The standard InChI is InChI=1S/C22H30N4O/c1-15-10-11-19(20(27)13-15)21-17-8-4-3-5-9-18(17)22(25-24-21)23-16-7-6-12-26(2)14-16/h10-11,13,16,27H,3-9,12,14H2,1-2H3,(H,23,25). The van der Waals surface area contributed by atoms with E-state index in [4.69, 9.17) is 0 Å². The third-order valence-corrected chi connectivity index (χ3v) is 5.91. The van der Waals surface area contributed by atoms with E-state index in [1.54, 1.807) is 0 Å². The molecule has 1 aromatic heterocycles. The fourth-order valence-electron chi connectivity index (χ4n) is 4.48. The number of hydrogen-bond donors (Lipinski definition) is 2. The number of anilines is 1. The van der Waals surface area contributed by atoms with Crippen LogP contribution in [0.1, 0.15) is 48.8 Å². The van der Waals surface area contributed by atoms with Crippen LogP contribution in [-0.2, 0) is 12.8 Å². The minimum Gasteiger partial charge on any atom is -0.507 e. The monoisotopic (exact) mass is 366 g/mol. The van der Waals surface area contributed by atoms with Gasteiger partial charge in [-0.25, -0.2) is 0 Å². The van der Waals surface area contributed by atoms with E-state index in [1.165, 1.54) is 49.8 Å². The molecule has 0 radical (unpaired) electrons. The molecule has 5 heteroatoms. The van der Waals surface area contributed by atoms with Crippen LogP contribution in [0, 0.1) is 6.92 Å². The van der Waals surface area contributed by atoms with Gasteiger partial charge in [-0.15, -0.1) is 10.2 Å². The number of likely N-dealkylation sites (tertiary alicyclic amines) is 1. The van der Waals surface area contributed by atoms with E-state index in [2.05, 4.69) is 27.5 Å². The van der Waals surface area contributed by atoms with Gasteiger partial charge in [0.05, 0.1) is 0 Å². The molecule has 2 N–H and O–H groups in total. The number of aromatic hydroxyl groups is 1. The Morgan fingerprint density at radius 2 is 1.89 bits per heavy atom. The average molecular weight is 367 g/mol. The van der Waals surface area contributed by atoms with Crippen molar-refractivity contribution in [3.63, 3.8) is 0 Å². The van der Waals surface area contributed by atoms with Crippen molar-refractivity contribution in [1.29, 1.82) is 0 Å². The molecule has 2 heterocycles. The number of likely N-dealkylation sites (N-methyl/N-ethyl adjacent to an activating group) is 1. The first-order chi connectivity index (χ1) is 13.1. The molecule has 2 aromatic rings. The van der Waals surface area contributed by atoms with E-state index < -0.39 is 0 Å². The van der Waals surface area contributed by atoms with E-state index in [0.717, 1.165) is 42.0 Å². The van der Waals surface area contributed by atoms with Gasteiger partial charge in [0.1, 0.15) is 11.4 Å². The van der Waals surface area contributed by atoms with Gasteiger partial charge in [0.2, 0.25) is 0 Å². The van der Waals surface area contributed by atoms with Crippen LogP contribution in [-0.4, -0.2) is 46.4 Å². The van der Waals surface area contributed by atoms with Crippen molar-refractivity contribution >= 4 is 5.82 Å². The maximum Gasteiger partial charge on any atom is 0.152 e. The van der Waals surface area contributed by atoms with Crippen molar-refractivity contribution in [2.75, 3.05) is 25.5 Å². The molecule has 1 aliphatic heterocycles. The van der Waals surface area contributed by atoms with Crippen LogP contribution in [0.5, 0.6) is 5.75 Å². The molecule has 5 nitrogen and oxygen atoms in total. The Labute approximate surface area is 161 Å². The number of phenols is 1. The number of nitrogens with zero attached hydrogens (tertiary/aromatic N) is 3. The maximum atomic E-state index is 10.5. The number of benzene rings is 1. The van der Waals surface area contributed by atoms with E-state index >= 15 is 0 Å². The molecule has 1 unspecified atom stereocenters. The van der Waals surface area contributed by atoms with Gasteiger partial charge in [-0.1, -0.05) is 12.5 Å². The fourth-order valence-corrected chi connectivity index (χ4v) is 4.48. The first-order valence-corrected chi connectivity index (χ1v) is 10.3. The Kier molecular flexibility index (Phi) is 5.30. The number of hydrogen-bond acceptors (Lipinski definition) is 5. The Bertz CT molecular complexity index is 820. The second-order valence-corrected chi connectivity index (χ2v) is 8.18. The van der Waals surface area contributed by atoms with Crippen LogP contribution in [0.2, 0.25) is 0 Å². The Morgan fingerprint density at radius 3 is 2.67 bits per heavy atom. The lowest BCUT2D eigenvalue weighted by Crippen LogP contribution is -2.40. The molecule has 0 saturated carbocycles. The number of fused-ring (bicyclic) bond motifs is 1. The van der Waals surface area contributed by atoms with Crippen molar-refractivity contribution in [3.05, 3.63) is 34.9 Å². The summed E-state index contributed by atoms with van der Waals surface area (Å²) >= 11 is 0. The summed E-state index contributed by atoms with van der Waals surface area (Å²) in [5, 5.41) is 23.4. The zero-order chi connectivity index (χ0) is 18.8. The van der Waals surface area contributed by atoms with Crippen LogP contribution in [0.15, 0.2) is 18.2 Å². The van der Waals surface area contributed by atoms with Crippen LogP contribution in [0.4, 0.5) is 5.82 Å². The summed E-state index contributed by atoms with van der Waals surface area (Å²) in [4.78, 5) is 2.38. The molecule has 0 amide bonds. The number of rotatable bonds is 3. The third-order valence-electron chi connectivity index (χ3n) is 5.91. The first kappa shape index (κ1) is 18.2. The highest BCUT2D eigenvalue weighted by Gasteiger charge is 2.24. The van der Waals surface area contributed by atoms with Crippen molar-refractivity contribution < 1.29 is 5.11 Å². The van der Waals surface area contributed by atoms with Crippen LogP contribution < -0.4 is 5.32 Å². The molecule has 0 bridgehead atoms. The van der Waals surface area contributed by atoms with Gasteiger partial charge in [0, 0.05) is 23.7 Å². The summed E-state index contributed by atoms with van der Waals surface area (Å²) in [6.07, 6.45) is 8.04. The number of aryl methyl sites for hydroxylation is 1. The molecule has 1 atom stereocenters. The lowest BCUT2D eigenvalue weighted by molar-refractivity contribution is 0.260. The molecule has 2 aliphatic rings. The number of piperidine rings is 1. The summed E-state index contributed by atoms with van der Waals surface area (Å²) in [7, 11) is 2.18. The third kappa shape index (κ3) is 3.93. The highest BCUT2D eigenvalue weighted by molar-refractivity contribution is 5.72. The minimum atomic E-state index is 0.297. The minimum absolute atomic E-state index is 0.297. The predicted molar refractivity (Wildman–Crippen MR) is 109 cm³/mol. The Hall–Kier alpha value is -2.14. The molecule has 27 heavy (non-hydrogen) atoms. The van der Waals surface area contributed by atoms with Crippen LogP contribution in [0.25, 0.3) is 11.3 Å². The Balaban J connectivity index is 1.72. The summed E-state index contributed by atoms with van der Waals surface area (Å²) in [6.45, 7) is 4.22. The molecule has 1 aromatic carbocycles. The molecule has 1 fully saturated rings. The zero-order valence-electron chi connectivity index (χ0n) is 16.5. The van der Waals surface area contributed by atoms with E-state index in [-0.39, 0.29) is 0 Å². The molecule has 4 rings (SSSR count). The second kappa shape index (κ2) is 7.85. The molecular formula is C22H30N4O. The largest absolute Gasteiger partial charge is 0.507 e. The second-order valence-electron chi connectivity index (χ2n) is 8.18. The Morgan fingerprint density at radius 1 is 1.07 bits per heavy atom. The van der Waals surface area contributed by atoms with Crippen molar-refractivity contribution in [2.45, 2.75) is 57.9 Å². The highest BCUT2D eigenvalue weighted by Crippen LogP contribution is 2.36. The number of aromatic nitrogens is 2. The molecule has 144 valence electrons. The van der Waals surface area contributed by atoms with E-state index in [0.29, 0.717) is 11.8 Å². The van der Waals surface area contributed by atoms with Gasteiger partial charge < -0.3 is 15.3 Å². The molecule has 0 spiro atoms. The summed E-state index contributed by atoms with van der Waals surface area (Å²) < 4.78 is 0. The normalized spacial score (nSPS) is 20.7. The van der Waals surface area contributed by atoms with Gasteiger partial charge >= 0.3 is 0 Å². The maximum absolute atomic E-state index is 10.5. The first-order valence-electron chi connectivity index (χ1n) is 10.3. The van der Waals surface area contributed by atoms with Gasteiger partial charge in [-0.3, -0.25) is 0 Å². The summed E-state index contributed by atoms with van der Waals surface area (Å²) in [5.41, 5.74) is 5.29. The summed E-state index contributed by atoms with van der Waals surface area (Å²) in [6, 6.07) is 6.25. The van der Waals surface area contributed by atoms with Crippen molar-refractivity contribution in [1.82, 2.24) is 15.1 Å². The van der Waals surface area contributed by atoms with Gasteiger partial charge in [-0.05, 0) is 82.3 Å². The van der Waals surface area contributed by atoms with Gasteiger partial charge in [0.25, 0.3) is 0 Å².